The molecule has 1 atom stereocenters. The molecule has 7 nitrogen and oxygen atoms in total. The molecule has 1 N–H and O–H groups in total. The number of nitrogens with zero attached hydrogens (tertiary/aromatic N) is 3. The van der Waals surface area contributed by atoms with Crippen LogP contribution in [0.25, 0.3) is 0 Å². The summed E-state index contributed by atoms with van der Waals surface area (Å²) >= 11 is 2.68. The average Bonchev–Trinajstić information content (AvgIpc) is 3.01. The van der Waals surface area contributed by atoms with E-state index in [1.807, 2.05) is 26.2 Å². The lowest BCUT2D eigenvalue weighted by Gasteiger charge is -2.30. The summed E-state index contributed by atoms with van der Waals surface area (Å²) in [6, 6.07) is 4.47. The third-order valence-electron chi connectivity index (χ3n) is 3.89. The Bertz CT molecular complexity index is 896. The Morgan fingerprint density at radius 1 is 1.31 bits per heavy atom. The normalized spacial score (nSPS) is 12.7. The van der Waals surface area contributed by atoms with E-state index < -0.39 is 22.0 Å². The molecule has 142 valence electrons. The van der Waals surface area contributed by atoms with Crippen molar-refractivity contribution in [1.29, 1.82) is 0 Å². The zero-order valence-corrected chi connectivity index (χ0v) is 17.8. The number of aromatic nitrogens is 2. The van der Waals surface area contributed by atoms with E-state index in [1.165, 1.54) is 27.4 Å². The van der Waals surface area contributed by atoms with E-state index in [4.69, 9.17) is 0 Å². The lowest BCUT2D eigenvalue weighted by molar-refractivity contribution is -0.117. The highest BCUT2D eigenvalue weighted by Crippen LogP contribution is 2.27. The lowest BCUT2D eigenvalue weighted by atomic mass is 10.1. The van der Waals surface area contributed by atoms with E-state index in [2.05, 4.69) is 15.5 Å². The van der Waals surface area contributed by atoms with Crippen LogP contribution in [0.2, 0.25) is 0 Å². The Morgan fingerprint density at radius 3 is 2.50 bits per heavy atom. The first-order valence-corrected chi connectivity index (χ1v) is 11.8. The quantitative estimate of drug-likeness (QED) is 0.553. The summed E-state index contributed by atoms with van der Waals surface area (Å²) in [5.74, 6) is -0.431. The molecular weight excluding hydrogens is 392 g/mol. The van der Waals surface area contributed by atoms with E-state index >= 15 is 0 Å². The Balaban J connectivity index is 2.37. The highest BCUT2D eigenvalue weighted by molar-refractivity contribution is 8.00. The van der Waals surface area contributed by atoms with Gasteiger partial charge in [0, 0.05) is 0 Å². The van der Waals surface area contributed by atoms with E-state index in [0.717, 1.165) is 21.7 Å². The number of thioether (sulfide) groups is 1. The molecule has 0 aliphatic rings. The van der Waals surface area contributed by atoms with Gasteiger partial charge in [-0.05, 0) is 49.8 Å². The standard InChI is InChI=1S/C16H22N4O3S3/c1-6-13(14(21)17-15-18-19-16(24-4)25-15)20(26(5,22)23)12-8-7-10(2)11(3)9-12/h7-9,13H,6H2,1-5H3,(H,17,18,21)/t13-/m0/s1. The fourth-order valence-electron chi connectivity index (χ4n) is 2.45. The SMILES string of the molecule is CC[C@@H](C(=O)Nc1nnc(SC)s1)N(c1ccc(C)c(C)c1)S(C)(=O)=O. The van der Waals surface area contributed by atoms with Crippen molar-refractivity contribution in [2.75, 3.05) is 22.1 Å². The number of amides is 1. The third kappa shape index (κ3) is 4.74. The van der Waals surface area contributed by atoms with Gasteiger partial charge in [0.2, 0.25) is 21.1 Å². The second-order valence-electron chi connectivity index (χ2n) is 5.82. The van der Waals surface area contributed by atoms with Crippen LogP contribution in [-0.4, -0.2) is 43.1 Å². The molecule has 0 saturated heterocycles. The molecule has 0 unspecified atom stereocenters. The summed E-state index contributed by atoms with van der Waals surface area (Å²) in [6.45, 7) is 5.63. The van der Waals surface area contributed by atoms with Crippen LogP contribution in [0.4, 0.5) is 10.8 Å². The highest BCUT2D eigenvalue weighted by Gasteiger charge is 2.32. The van der Waals surface area contributed by atoms with Crippen molar-refractivity contribution >= 4 is 49.8 Å². The van der Waals surface area contributed by atoms with Gasteiger partial charge < -0.3 is 0 Å². The molecule has 1 heterocycles. The largest absolute Gasteiger partial charge is 0.299 e. The van der Waals surface area contributed by atoms with Gasteiger partial charge in [-0.25, -0.2) is 8.42 Å². The van der Waals surface area contributed by atoms with Crippen LogP contribution in [0.1, 0.15) is 24.5 Å². The van der Waals surface area contributed by atoms with Crippen molar-refractivity contribution in [2.24, 2.45) is 0 Å². The van der Waals surface area contributed by atoms with Crippen LogP contribution in [0.15, 0.2) is 22.5 Å². The van der Waals surface area contributed by atoms with Crippen LogP contribution in [0.5, 0.6) is 0 Å². The average molecular weight is 415 g/mol. The maximum atomic E-state index is 12.8. The van der Waals surface area contributed by atoms with Crippen LogP contribution >= 0.6 is 23.1 Å². The lowest BCUT2D eigenvalue weighted by Crippen LogP contribution is -2.47. The summed E-state index contributed by atoms with van der Waals surface area (Å²) in [4.78, 5) is 12.8. The summed E-state index contributed by atoms with van der Waals surface area (Å²) in [7, 11) is -3.66. The third-order valence-corrected chi connectivity index (χ3v) is 6.88. The number of aryl methyl sites for hydroxylation is 2. The van der Waals surface area contributed by atoms with Gasteiger partial charge in [-0.1, -0.05) is 36.1 Å². The monoisotopic (exact) mass is 414 g/mol. The summed E-state index contributed by atoms with van der Waals surface area (Å²) < 4.78 is 26.8. The van der Waals surface area contributed by atoms with Crippen LogP contribution < -0.4 is 9.62 Å². The minimum absolute atomic E-state index is 0.319. The number of carbonyl (C=O) groups is 1. The van der Waals surface area contributed by atoms with Gasteiger partial charge in [-0.2, -0.15) is 0 Å². The number of nitrogens with one attached hydrogen (secondary N) is 1. The predicted octanol–water partition coefficient (Wildman–Crippen LogP) is 3.06. The maximum absolute atomic E-state index is 12.8. The minimum Gasteiger partial charge on any atom is -0.299 e. The van der Waals surface area contributed by atoms with Gasteiger partial charge in [0.05, 0.1) is 11.9 Å². The molecule has 0 bridgehead atoms. The van der Waals surface area contributed by atoms with E-state index in [1.54, 1.807) is 19.1 Å². The predicted molar refractivity (Wildman–Crippen MR) is 108 cm³/mol. The summed E-state index contributed by atoms with van der Waals surface area (Å²) in [5, 5.41) is 10.9. The van der Waals surface area contributed by atoms with Crippen molar-refractivity contribution in [3.05, 3.63) is 29.3 Å². The number of sulfonamides is 1. The van der Waals surface area contributed by atoms with E-state index in [-0.39, 0.29) is 0 Å². The number of anilines is 2. The number of carbonyl (C=O) groups excluding carboxylic acids is 1. The molecule has 1 aromatic heterocycles. The fourth-order valence-corrected chi connectivity index (χ4v) is 4.83. The second-order valence-corrected chi connectivity index (χ2v) is 9.71. The van der Waals surface area contributed by atoms with Crippen molar-refractivity contribution in [3.8, 4) is 0 Å². The molecule has 0 fully saturated rings. The van der Waals surface area contributed by atoms with Gasteiger partial charge in [-0.15, -0.1) is 10.2 Å². The Morgan fingerprint density at radius 2 is 2.00 bits per heavy atom. The van der Waals surface area contributed by atoms with Gasteiger partial charge in [-0.3, -0.25) is 14.4 Å². The van der Waals surface area contributed by atoms with Crippen molar-refractivity contribution < 1.29 is 13.2 Å². The van der Waals surface area contributed by atoms with Crippen molar-refractivity contribution in [2.45, 2.75) is 37.6 Å². The minimum atomic E-state index is -3.66. The zero-order valence-electron chi connectivity index (χ0n) is 15.3. The zero-order chi connectivity index (χ0) is 19.5. The molecule has 26 heavy (non-hydrogen) atoms. The molecule has 10 heteroatoms. The smallest absolute Gasteiger partial charge is 0.250 e. The van der Waals surface area contributed by atoms with Gasteiger partial charge in [0.15, 0.2) is 4.34 Å². The van der Waals surface area contributed by atoms with Gasteiger partial charge in [0.1, 0.15) is 6.04 Å². The molecule has 0 saturated carbocycles. The highest BCUT2D eigenvalue weighted by atomic mass is 32.2. The molecule has 1 amide bonds. The fraction of sp³-hybridized carbons (Fsp3) is 0.438. The molecule has 0 spiro atoms. The van der Waals surface area contributed by atoms with Crippen molar-refractivity contribution in [3.63, 3.8) is 0 Å². The van der Waals surface area contributed by atoms with Gasteiger partial charge in [0.25, 0.3) is 0 Å². The van der Waals surface area contributed by atoms with Gasteiger partial charge >= 0.3 is 0 Å². The first-order chi connectivity index (χ1) is 12.2. The number of rotatable bonds is 7. The summed E-state index contributed by atoms with van der Waals surface area (Å²) in [5.41, 5.74) is 2.48. The molecule has 2 aromatic rings. The number of hydrogen-bond donors (Lipinski definition) is 1. The molecule has 0 aliphatic carbocycles. The molecule has 2 rings (SSSR count). The first kappa shape index (κ1) is 20.7. The molecular formula is C16H22N4O3S3. The van der Waals surface area contributed by atoms with Crippen LogP contribution in [0, 0.1) is 13.8 Å². The van der Waals surface area contributed by atoms with Crippen molar-refractivity contribution in [1.82, 2.24) is 10.2 Å². The molecule has 0 radical (unpaired) electrons. The number of benzene rings is 1. The molecule has 0 aliphatic heterocycles. The Hall–Kier alpha value is -1.65. The topological polar surface area (TPSA) is 92.3 Å². The first-order valence-electron chi connectivity index (χ1n) is 7.92. The Kier molecular flexibility index (Phi) is 6.64. The van der Waals surface area contributed by atoms with E-state index in [0.29, 0.717) is 17.2 Å². The van der Waals surface area contributed by atoms with Crippen LogP contribution in [-0.2, 0) is 14.8 Å². The summed E-state index contributed by atoms with van der Waals surface area (Å²) in [6.07, 6.45) is 3.29. The Labute approximate surface area is 162 Å². The maximum Gasteiger partial charge on any atom is 0.250 e. The van der Waals surface area contributed by atoms with E-state index in [9.17, 15) is 13.2 Å². The second kappa shape index (κ2) is 8.36. The number of hydrogen-bond acceptors (Lipinski definition) is 7. The molecule has 1 aromatic carbocycles. The van der Waals surface area contributed by atoms with Crippen LogP contribution in [0.3, 0.4) is 0 Å².